The first-order valence-electron chi connectivity index (χ1n) is 8.49. The third kappa shape index (κ3) is 6.64. The lowest BCUT2D eigenvalue weighted by molar-refractivity contribution is -0.146. The van der Waals surface area contributed by atoms with Crippen molar-refractivity contribution in [3.63, 3.8) is 0 Å². The lowest BCUT2D eigenvalue weighted by Gasteiger charge is -2.26. The zero-order chi connectivity index (χ0) is 18.1. The van der Waals surface area contributed by atoms with Crippen LogP contribution in [0.4, 0.5) is 4.39 Å². The van der Waals surface area contributed by atoms with E-state index in [0.29, 0.717) is 5.56 Å². The number of hydrogen-bond donors (Lipinski definition) is 2. The highest BCUT2D eigenvalue weighted by atomic mass is 19.1. The fourth-order valence-corrected chi connectivity index (χ4v) is 2.74. The molecule has 1 heterocycles. The predicted molar refractivity (Wildman–Crippen MR) is 94.6 cm³/mol. The van der Waals surface area contributed by atoms with Gasteiger partial charge in [-0.15, -0.1) is 0 Å². The molecule has 0 aliphatic carbocycles. The van der Waals surface area contributed by atoms with E-state index >= 15 is 0 Å². The molecule has 3 rings (SSSR count). The zero-order valence-electron chi connectivity index (χ0n) is 14.1. The van der Waals surface area contributed by atoms with Gasteiger partial charge in [-0.3, -0.25) is 4.90 Å². The summed E-state index contributed by atoms with van der Waals surface area (Å²) in [5.74, 6) is -1.37. The lowest BCUT2D eigenvalue weighted by atomic mass is 10.1. The van der Waals surface area contributed by atoms with Crippen LogP contribution in [0.1, 0.15) is 36.5 Å². The summed E-state index contributed by atoms with van der Waals surface area (Å²) < 4.78 is 12.7. The number of aliphatic carboxylic acids is 1. The van der Waals surface area contributed by atoms with Gasteiger partial charge in [-0.1, -0.05) is 48.9 Å². The van der Waals surface area contributed by atoms with Crippen molar-refractivity contribution in [1.29, 1.82) is 0 Å². The van der Waals surface area contributed by atoms with Crippen molar-refractivity contribution in [2.24, 2.45) is 0 Å². The molecule has 0 amide bonds. The molecule has 1 fully saturated rings. The first kappa shape index (κ1) is 19.1. The summed E-state index contributed by atoms with van der Waals surface area (Å²) >= 11 is 0. The normalized spacial score (nSPS) is 15.8. The molecule has 134 valence electrons. The Morgan fingerprint density at radius 3 is 2.16 bits per heavy atom. The molecule has 0 saturated carbocycles. The van der Waals surface area contributed by atoms with Gasteiger partial charge in [-0.05, 0) is 49.2 Å². The summed E-state index contributed by atoms with van der Waals surface area (Å²) in [7, 11) is 0. The van der Waals surface area contributed by atoms with Crippen molar-refractivity contribution in [3.8, 4) is 0 Å². The molecule has 1 atom stereocenters. The van der Waals surface area contributed by atoms with Gasteiger partial charge < -0.3 is 10.2 Å². The van der Waals surface area contributed by atoms with E-state index in [0.717, 1.165) is 6.54 Å². The van der Waals surface area contributed by atoms with Gasteiger partial charge in [-0.2, -0.15) is 0 Å². The third-order valence-corrected chi connectivity index (χ3v) is 4.12. The van der Waals surface area contributed by atoms with Crippen molar-refractivity contribution >= 4 is 5.97 Å². The van der Waals surface area contributed by atoms with Gasteiger partial charge in [0.25, 0.3) is 0 Å². The maximum absolute atomic E-state index is 12.7. The van der Waals surface area contributed by atoms with E-state index in [2.05, 4.69) is 4.90 Å². The second kappa shape index (κ2) is 9.91. The van der Waals surface area contributed by atoms with Gasteiger partial charge in [0.05, 0.1) is 0 Å². The molecule has 4 nitrogen and oxygen atoms in total. The van der Waals surface area contributed by atoms with Gasteiger partial charge in [0, 0.05) is 6.54 Å². The molecule has 2 aromatic rings. The number of piperidine rings is 1. The molecule has 2 aromatic carbocycles. The number of hydrogen-bond acceptors (Lipinski definition) is 3. The van der Waals surface area contributed by atoms with Crippen LogP contribution >= 0.6 is 0 Å². The number of nitrogens with zero attached hydrogens (tertiary/aromatic N) is 1. The van der Waals surface area contributed by atoms with E-state index < -0.39 is 12.1 Å². The van der Waals surface area contributed by atoms with Crippen molar-refractivity contribution in [3.05, 3.63) is 71.5 Å². The van der Waals surface area contributed by atoms with Gasteiger partial charge in [0.2, 0.25) is 0 Å². The number of aliphatic hydroxyl groups is 1. The second-order valence-electron chi connectivity index (χ2n) is 6.11. The number of likely N-dealkylation sites (tertiary alicyclic amines) is 1. The maximum atomic E-state index is 12.7. The van der Waals surface area contributed by atoms with Crippen LogP contribution in [-0.2, 0) is 11.3 Å². The van der Waals surface area contributed by atoms with Crippen LogP contribution in [0.15, 0.2) is 54.6 Å². The number of carboxylic acids is 1. The quantitative estimate of drug-likeness (QED) is 0.889. The minimum absolute atomic E-state index is 0.146. The number of carbonyl (C=O) groups is 1. The van der Waals surface area contributed by atoms with E-state index in [1.165, 1.54) is 37.9 Å². The highest BCUT2D eigenvalue weighted by molar-refractivity contribution is 5.73. The largest absolute Gasteiger partial charge is 0.479 e. The standard InChI is InChI=1S/C12H16FN.C8H8O3/c13-12-6-4-11(5-7-12)10-14-8-2-1-3-9-14;9-7(8(10)11)6-4-2-1-3-5-6/h4-7H,1-3,8-10H2;1-5,7,9H,(H,10,11). The van der Waals surface area contributed by atoms with Gasteiger partial charge >= 0.3 is 5.97 Å². The Bertz CT molecular complexity index is 640. The molecular weight excluding hydrogens is 321 g/mol. The molecule has 0 bridgehead atoms. The van der Waals surface area contributed by atoms with Crippen molar-refractivity contribution in [1.82, 2.24) is 4.90 Å². The molecular formula is C20H24FNO3. The lowest BCUT2D eigenvalue weighted by Crippen LogP contribution is -2.29. The molecule has 0 spiro atoms. The number of benzene rings is 2. The van der Waals surface area contributed by atoms with Crippen molar-refractivity contribution in [2.75, 3.05) is 13.1 Å². The third-order valence-electron chi connectivity index (χ3n) is 4.12. The Labute approximate surface area is 147 Å². The number of carboxylic acid groups (broad SMARTS) is 1. The van der Waals surface area contributed by atoms with Crippen LogP contribution in [0.2, 0.25) is 0 Å². The van der Waals surface area contributed by atoms with Gasteiger partial charge in [-0.25, -0.2) is 9.18 Å². The number of halogens is 1. The molecule has 1 aliphatic rings. The van der Waals surface area contributed by atoms with Crippen LogP contribution < -0.4 is 0 Å². The second-order valence-corrected chi connectivity index (χ2v) is 6.11. The van der Waals surface area contributed by atoms with Crippen molar-refractivity contribution < 1.29 is 19.4 Å². The highest BCUT2D eigenvalue weighted by Crippen LogP contribution is 2.13. The van der Waals surface area contributed by atoms with E-state index in [-0.39, 0.29) is 5.82 Å². The van der Waals surface area contributed by atoms with Crippen LogP contribution in [0.5, 0.6) is 0 Å². The minimum Gasteiger partial charge on any atom is -0.479 e. The summed E-state index contributed by atoms with van der Waals surface area (Å²) in [6.45, 7) is 3.36. The monoisotopic (exact) mass is 345 g/mol. The number of aliphatic hydroxyl groups excluding tert-OH is 1. The topological polar surface area (TPSA) is 60.8 Å². The van der Waals surface area contributed by atoms with Gasteiger partial charge in [0.15, 0.2) is 6.10 Å². The molecule has 1 aliphatic heterocycles. The summed E-state index contributed by atoms with van der Waals surface area (Å²) in [5, 5.41) is 17.4. The fourth-order valence-electron chi connectivity index (χ4n) is 2.74. The SMILES string of the molecule is Fc1ccc(CN2CCCCC2)cc1.O=C(O)C(O)c1ccccc1. The molecule has 1 saturated heterocycles. The van der Waals surface area contributed by atoms with E-state index in [1.807, 2.05) is 12.1 Å². The minimum atomic E-state index is -1.41. The first-order valence-corrected chi connectivity index (χ1v) is 8.49. The van der Waals surface area contributed by atoms with Crippen LogP contribution in [0.25, 0.3) is 0 Å². The Balaban J connectivity index is 0.000000186. The van der Waals surface area contributed by atoms with E-state index in [9.17, 15) is 9.18 Å². The van der Waals surface area contributed by atoms with Crippen molar-refractivity contribution in [2.45, 2.75) is 31.9 Å². The Morgan fingerprint density at radius 2 is 1.60 bits per heavy atom. The molecule has 2 N–H and O–H groups in total. The predicted octanol–water partition coefficient (Wildman–Crippen LogP) is 3.62. The summed E-state index contributed by atoms with van der Waals surface area (Å²) in [4.78, 5) is 12.7. The number of rotatable bonds is 4. The smallest absolute Gasteiger partial charge is 0.337 e. The van der Waals surface area contributed by atoms with Crippen LogP contribution in [0.3, 0.4) is 0 Å². The Kier molecular flexibility index (Phi) is 7.57. The van der Waals surface area contributed by atoms with Gasteiger partial charge in [0.1, 0.15) is 5.82 Å². The molecule has 0 aromatic heterocycles. The average molecular weight is 345 g/mol. The Morgan fingerprint density at radius 1 is 1.00 bits per heavy atom. The highest BCUT2D eigenvalue weighted by Gasteiger charge is 2.14. The summed E-state index contributed by atoms with van der Waals surface area (Å²) in [6.07, 6.45) is 2.57. The van der Waals surface area contributed by atoms with Crippen LogP contribution in [0, 0.1) is 5.82 Å². The molecule has 25 heavy (non-hydrogen) atoms. The van der Waals surface area contributed by atoms with E-state index in [1.54, 1.807) is 42.5 Å². The Hall–Kier alpha value is -2.24. The fraction of sp³-hybridized carbons (Fsp3) is 0.350. The summed E-state index contributed by atoms with van der Waals surface area (Å²) in [5.41, 5.74) is 1.62. The molecule has 5 heteroatoms. The maximum Gasteiger partial charge on any atom is 0.337 e. The average Bonchev–Trinajstić information content (AvgIpc) is 2.65. The summed E-state index contributed by atoms with van der Waals surface area (Å²) in [6, 6.07) is 15.1. The van der Waals surface area contributed by atoms with E-state index in [4.69, 9.17) is 10.2 Å². The zero-order valence-corrected chi connectivity index (χ0v) is 14.1. The van der Waals surface area contributed by atoms with Crippen LogP contribution in [-0.4, -0.2) is 34.2 Å². The first-order chi connectivity index (χ1) is 12.1. The molecule has 0 radical (unpaired) electrons. The molecule has 1 unspecified atom stereocenters.